The number of anilines is 2. The molecule has 1 aliphatic rings. The minimum absolute atomic E-state index is 0.00463. The lowest BCUT2D eigenvalue weighted by molar-refractivity contribution is -0.121. The van der Waals surface area contributed by atoms with Gasteiger partial charge in [0.25, 0.3) is 0 Å². The van der Waals surface area contributed by atoms with Crippen molar-refractivity contribution >= 4 is 23.2 Å². The average Bonchev–Trinajstić information content (AvgIpc) is 2.78. The Bertz CT molecular complexity index is 930. The molecule has 3 rings (SSSR count). The topological polar surface area (TPSA) is 94.5 Å². The van der Waals surface area contributed by atoms with E-state index in [1.54, 1.807) is 31.4 Å². The third-order valence-corrected chi connectivity index (χ3v) is 5.30. The van der Waals surface area contributed by atoms with E-state index in [2.05, 4.69) is 21.6 Å². The lowest BCUT2D eigenvalue weighted by Gasteiger charge is -2.31. The van der Waals surface area contributed by atoms with Crippen LogP contribution in [-0.2, 0) is 9.59 Å². The molecule has 1 heterocycles. The second kappa shape index (κ2) is 10.4. The number of ether oxygens (including phenoxy) is 1. The standard InChI is InChI=1S/C23H26N4O3/c1-30-21-9-5-4-8-20(21)26-23(29)17-10-13-27(14-11-17)15-12-22(28)25-19-7-3-2-6-18(19)16-24/h2-9,17H,10-15H2,1H3,(H,25,28)(H,26,29). The van der Waals surface area contributed by atoms with Gasteiger partial charge in [0.2, 0.25) is 11.8 Å². The van der Waals surface area contributed by atoms with Crippen molar-refractivity contribution in [2.45, 2.75) is 19.3 Å². The van der Waals surface area contributed by atoms with Gasteiger partial charge in [-0.25, -0.2) is 0 Å². The van der Waals surface area contributed by atoms with Crippen LogP contribution in [0.15, 0.2) is 48.5 Å². The molecule has 1 fully saturated rings. The molecule has 7 nitrogen and oxygen atoms in total. The zero-order valence-corrected chi connectivity index (χ0v) is 17.1. The molecule has 30 heavy (non-hydrogen) atoms. The second-order valence-corrected chi connectivity index (χ2v) is 7.26. The SMILES string of the molecule is COc1ccccc1NC(=O)C1CCN(CCC(=O)Nc2ccccc2C#N)CC1. The molecule has 0 radical (unpaired) electrons. The minimum atomic E-state index is -0.117. The quantitative estimate of drug-likeness (QED) is 0.736. The molecule has 2 amide bonds. The highest BCUT2D eigenvalue weighted by Crippen LogP contribution is 2.26. The maximum atomic E-state index is 12.6. The van der Waals surface area contributed by atoms with Gasteiger partial charge in [0.05, 0.1) is 24.0 Å². The van der Waals surface area contributed by atoms with E-state index in [1.807, 2.05) is 24.3 Å². The number of rotatable bonds is 7. The van der Waals surface area contributed by atoms with Crippen LogP contribution >= 0.6 is 0 Å². The zero-order chi connectivity index (χ0) is 21.3. The van der Waals surface area contributed by atoms with Gasteiger partial charge in [-0.3, -0.25) is 9.59 Å². The maximum Gasteiger partial charge on any atom is 0.227 e. The summed E-state index contributed by atoms with van der Waals surface area (Å²) in [4.78, 5) is 27.0. The van der Waals surface area contributed by atoms with E-state index < -0.39 is 0 Å². The number of benzene rings is 2. The van der Waals surface area contributed by atoms with Crippen LogP contribution < -0.4 is 15.4 Å². The third-order valence-electron chi connectivity index (χ3n) is 5.30. The van der Waals surface area contributed by atoms with Gasteiger partial charge in [-0.2, -0.15) is 5.26 Å². The minimum Gasteiger partial charge on any atom is -0.495 e. The van der Waals surface area contributed by atoms with E-state index >= 15 is 0 Å². The molecule has 0 aromatic heterocycles. The van der Waals surface area contributed by atoms with Crippen LogP contribution in [0.5, 0.6) is 5.75 Å². The van der Waals surface area contributed by atoms with E-state index in [-0.39, 0.29) is 17.7 Å². The Kier molecular flexibility index (Phi) is 7.41. The summed E-state index contributed by atoms with van der Waals surface area (Å²) >= 11 is 0. The number of nitrogens with one attached hydrogen (secondary N) is 2. The van der Waals surface area contributed by atoms with Crippen molar-refractivity contribution in [3.05, 3.63) is 54.1 Å². The first-order chi connectivity index (χ1) is 14.6. The van der Waals surface area contributed by atoms with Crippen LogP contribution in [-0.4, -0.2) is 43.5 Å². The Morgan fingerprint density at radius 3 is 2.43 bits per heavy atom. The first-order valence-corrected chi connectivity index (χ1v) is 10.1. The van der Waals surface area contributed by atoms with Crippen molar-refractivity contribution < 1.29 is 14.3 Å². The third kappa shape index (κ3) is 5.58. The molecule has 2 aromatic rings. The zero-order valence-electron chi connectivity index (χ0n) is 17.1. The lowest BCUT2D eigenvalue weighted by Crippen LogP contribution is -2.39. The molecule has 2 aromatic carbocycles. The van der Waals surface area contributed by atoms with Crippen LogP contribution in [0.3, 0.4) is 0 Å². The normalized spacial score (nSPS) is 14.5. The second-order valence-electron chi connectivity index (χ2n) is 7.26. The van der Waals surface area contributed by atoms with Crippen molar-refractivity contribution in [3.63, 3.8) is 0 Å². The number of nitrogens with zero attached hydrogens (tertiary/aromatic N) is 2. The number of methoxy groups -OCH3 is 1. The highest BCUT2D eigenvalue weighted by Gasteiger charge is 2.25. The van der Waals surface area contributed by atoms with Gasteiger partial charge < -0.3 is 20.3 Å². The fourth-order valence-electron chi connectivity index (χ4n) is 3.56. The van der Waals surface area contributed by atoms with E-state index in [0.717, 1.165) is 25.9 Å². The Labute approximate surface area is 176 Å². The summed E-state index contributed by atoms with van der Waals surface area (Å²) in [5.74, 6) is 0.480. The van der Waals surface area contributed by atoms with Crippen LogP contribution in [0, 0.1) is 17.2 Å². The van der Waals surface area contributed by atoms with E-state index in [9.17, 15) is 9.59 Å². The number of amides is 2. The van der Waals surface area contributed by atoms with E-state index in [0.29, 0.717) is 35.7 Å². The van der Waals surface area contributed by atoms with Crippen molar-refractivity contribution in [2.75, 3.05) is 37.4 Å². The molecule has 2 N–H and O–H groups in total. The molecular weight excluding hydrogens is 380 g/mol. The van der Waals surface area contributed by atoms with Crippen LogP contribution in [0.1, 0.15) is 24.8 Å². The highest BCUT2D eigenvalue weighted by molar-refractivity contribution is 5.94. The fraction of sp³-hybridized carbons (Fsp3) is 0.348. The van der Waals surface area contributed by atoms with Crippen molar-refractivity contribution in [2.24, 2.45) is 5.92 Å². The molecule has 0 unspecified atom stereocenters. The largest absolute Gasteiger partial charge is 0.495 e. The number of carbonyl (C=O) groups excluding carboxylic acids is 2. The predicted octanol–water partition coefficient (Wildman–Crippen LogP) is 3.25. The van der Waals surface area contributed by atoms with Crippen LogP contribution in [0.25, 0.3) is 0 Å². The van der Waals surface area contributed by atoms with E-state index in [1.165, 1.54) is 0 Å². The van der Waals surface area contributed by atoms with Gasteiger partial charge in [0.1, 0.15) is 11.8 Å². The summed E-state index contributed by atoms with van der Waals surface area (Å²) in [6, 6.07) is 16.4. The number of para-hydroxylation sites is 3. The van der Waals surface area contributed by atoms with Crippen molar-refractivity contribution in [3.8, 4) is 11.8 Å². The van der Waals surface area contributed by atoms with Gasteiger partial charge >= 0.3 is 0 Å². The van der Waals surface area contributed by atoms with Gasteiger partial charge in [-0.15, -0.1) is 0 Å². The molecule has 0 atom stereocenters. The Hall–Kier alpha value is -3.37. The number of carbonyl (C=O) groups is 2. The van der Waals surface area contributed by atoms with Crippen molar-refractivity contribution in [1.82, 2.24) is 4.90 Å². The first-order valence-electron chi connectivity index (χ1n) is 10.1. The summed E-state index contributed by atoms with van der Waals surface area (Å²) < 4.78 is 5.28. The number of likely N-dealkylation sites (tertiary alicyclic amines) is 1. The summed E-state index contributed by atoms with van der Waals surface area (Å²) in [7, 11) is 1.58. The van der Waals surface area contributed by atoms with Gasteiger partial charge in [0, 0.05) is 18.9 Å². The molecule has 0 aliphatic carbocycles. The summed E-state index contributed by atoms with van der Waals surface area (Å²) in [5.41, 5.74) is 1.67. The first kappa shape index (κ1) is 21.3. The summed E-state index contributed by atoms with van der Waals surface area (Å²) in [6.45, 7) is 2.17. The smallest absolute Gasteiger partial charge is 0.227 e. The lowest BCUT2D eigenvalue weighted by atomic mass is 9.95. The molecule has 156 valence electrons. The van der Waals surface area contributed by atoms with Crippen LogP contribution in [0.4, 0.5) is 11.4 Å². The van der Waals surface area contributed by atoms with Crippen LogP contribution in [0.2, 0.25) is 0 Å². The summed E-state index contributed by atoms with van der Waals surface area (Å²) in [6.07, 6.45) is 1.84. The molecule has 0 spiro atoms. The maximum absolute atomic E-state index is 12.6. The average molecular weight is 406 g/mol. The molecule has 0 saturated carbocycles. The number of hydrogen-bond acceptors (Lipinski definition) is 5. The fourth-order valence-corrected chi connectivity index (χ4v) is 3.56. The molecule has 0 bridgehead atoms. The Morgan fingerprint density at radius 1 is 1.07 bits per heavy atom. The molecule has 1 saturated heterocycles. The Morgan fingerprint density at radius 2 is 1.73 bits per heavy atom. The van der Waals surface area contributed by atoms with Gasteiger partial charge in [0.15, 0.2) is 0 Å². The monoisotopic (exact) mass is 406 g/mol. The predicted molar refractivity (Wildman–Crippen MR) is 115 cm³/mol. The highest BCUT2D eigenvalue weighted by atomic mass is 16.5. The number of hydrogen-bond donors (Lipinski definition) is 2. The van der Waals surface area contributed by atoms with Gasteiger partial charge in [-0.05, 0) is 50.2 Å². The molecular formula is C23H26N4O3. The Balaban J connectivity index is 1.42. The summed E-state index contributed by atoms with van der Waals surface area (Å²) in [5, 5.41) is 14.9. The molecule has 7 heteroatoms. The number of nitriles is 1. The molecule has 1 aliphatic heterocycles. The van der Waals surface area contributed by atoms with Crippen molar-refractivity contribution in [1.29, 1.82) is 5.26 Å². The van der Waals surface area contributed by atoms with E-state index in [4.69, 9.17) is 10.00 Å². The number of piperidine rings is 1. The van der Waals surface area contributed by atoms with Gasteiger partial charge in [-0.1, -0.05) is 24.3 Å².